The number of hydrogen-bond acceptors (Lipinski definition) is 3. The molecule has 0 aliphatic heterocycles. The van der Waals surface area contributed by atoms with Gasteiger partial charge >= 0.3 is 5.97 Å². The Labute approximate surface area is 111 Å². The molecule has 0 radical (unpaired) electrons. The number of carboxylic acids is 1. The number of hydrogen-bond donors (Lipinski definition) is 1. The van der Waals surface area contributed by atoms with Gasteiger partial charge in [-0.1, -0.05) is 6.07 Å². The van der Waals surface area contributed by atoms with Crippen LogP contribution in [0.3, 0.4) is 0 Å². The summed E-state index contributed by atoms with van der Waals surface area (Å²) in [5.41, 5.74) is 3.92. The van der Waals surface area contributed by atoms with Crippen LogP contribution < -0.4 is 4.74 Å². The molecule has 1 N–H and O–H groups in total. The van der Waals surface area contributed by atoms with E-state index in [0.717, 1.165) is 16.9 Å². The number of carboxylic acid groups (broad SMARTS) is 1. The molecule has 0 saturated carbocycles. The highest BCUT2D eigenvalue weighted by atomic mass is 16.5. The molecule has 1 aromatic carbocycles. The second-order valence-corrected chi connectivity index (χ2v) is 4.57. The molecule has 0 spiro atoms. The normalized spacial score (nSPS) is 10.5. The smallest absolute Gasteiger partial charge is 0.372 e. The van der Waals surface area contributed by atoms with Gasteiger partial charge in [-0.3, -0.25) is 0 Å². The first-order valence-electron chi connectivity index (χ1n) is 5.99. The summed E-state index contributed by atoms with van der Waals surface area (Å²) in [4.78, 5) is 10.9. The number of aromatic carboxylic acids is 1. The van der Waals surface area contributed by atoms with Crippen LogP contribution in [0.5, 0.6) is 5.75 Å². The topological polar surface area (TPSA) is 59.7 Å². The van der Waals surface area contributed by atoms with E-state index in [-0.39, 0.29) is 12.4 Å². The quantitative estimate of drug-likeness (QED) is 0.914. The monoisotopic (exact) mass is 260 g/mol. The van der Waals surface area contributed by atoms with Crippen molar-refractivity contribution in [2.45, 2.75) is 27.4 Å². The SMILES string of the molecule is Cc1cc(C)c(OCc2ccoc2C(=O)O)cc1C. The lowest BCUT2D eigenvalue weighted by atomic mass is 10.1. The van der Waals surface area contributed by atoms with Crippen molar-refractivity contribution < 1.29 is 19.1 Å². The van der Waals surface area contributed by atoms with Crippen molar-refractivity contribution >= 4 is 5.97 Å². The second-order valence-electron chi connectivity index (χ2n) is 4.57. The van der Waals surface area contributed by atoms with Crippen molar-refractivity contribution in [2.24, 2.45) is 0 Å². The Bertz CT molecular complexity index is 611. The molecule has 0 atom stereocenters. The summed E-state index contributed by atoms with van der Waals surface area (Å²) in [6.45, 7) is 6.21. The van der Waals surface area contributed by atoms with E-state index >= 15 is 0 Å². The van der Waals surface area contributed by atoms with Gasteiger partial charge in [0.25, 0.3) is 0 Å². The van der Waals surface area contributed by atoms with Crippen molar-refractivity contribution in [1.29, 1.82) is 0 Å². The van der Waals surface area contributed by atoms with Crippen LogP contribution in [0.15, 0.2) is 28.9 Å². The highest BCUT2D eigenvalue weighted by Crippen LogP contribution is 2.24. The summed E-state index contributed by atoms with van der Waals surface area (Å²) >= 11 is 0. The Morgan fingerprint density at radius 2 is 1.89 bits per heavy atom. The molecule has 19 heavy (non-hydrogen) atoms. The molecule has 0 aliphatic rings. The number of rotatable bonds is 4. The van der Waals surface area contributed by atoms with Crippen molar-refractivity contribution in [1.82, 2.24) is 0 Å². The molecule has 4 nitrogen and oxygen atoms in total. The van der Waals surface area contributed by atoms with Gasteiger partial charge in [-0.25, -0.2) is 4.79 Å². The van der Waals surface area contributed by atoms with E-state index in [2.05, 4.69) is 6.07 Å². The molecule has 0 aliphatic carbocycles. The predicted molar refractivity (Wildman–Crippen MR) is 70.7 cm³/mol. The van der Waals surface area contributed by atoms with Crippen LogP contribution in [0.1, 0.15) is 32.8 Å². The van der Waals surface area contributed by atoms with Crippen molar-refractivity contribution in [3.8, 4) is 5.75 Å². The van der Waals surface area contributed by atoms with E-state index in [9.17, 15) is 4.79 Å². The molecule has 100 valence electrons. The van der Waals surface area contributed by atoms with Gasteiger partial charge in [0.1, 0.15) is 12.4 Å². The third-order valence-electron chi connectivity index (χ3n) is 3.12. The van der Waals surface area contributed by atoms with E-state index in [1.165, 1.54) is 11.8 Å². The van der Waals surface area contributed by atoms with Gasteiger partial charge in [-0.15, -0.1) is 0 Å². The fraction of sp³-hybridized carbons (Fsp3) is 0.267. The van der Waals surface area contributed by atoms with Crippen LogP contribution in [-0.2, 0) is 6.61 Å². The van der Waals surface area contributed by atoms with Gasteiger partial charge in [0.05, 0.1) is 6.26 Å². The molecule has 2 rings (SSSR count). The second kappa shape index (κ2) is 5.18. The molecule has 0 unspecified atom stereocenters. The van der Waals surface area contributed by atoms with Crippen LogP contribution in [0.4, 0.5) is 0 Å². The van der Waals surface area contributed by atoms with Gasteiger partial charge in [0, 0.05) is 5.56 Å². The first-order valence-corrected chi connectivity index (χ1v) is 5.99. The van der Waals surface area contributed by atoms with Crippen molar-refractivity contribution in [2.75, 3.05) is 0 Å². The van der Waals surface area contributed by atoms with Crippen molar-refractivity contribution in [3.63, 3.8) is 0 Å². The van der Waals surface area contributed by atoms with E-state index in [1.807, 2.05) is 26.8 Å². The summed E-state index contributed by atoms with van der Waals surface area (Å²) in [5, 5.41) is 8.94. The summed E-state index contributed by atoms with van der Waals surface area (Å²) in [6, 6.07) is 5.63. The molecule has 1 heterocycles. The third kappa shape index (κ3) is 2.78. The maximum absolute atomic E-state index is 10.9. The Balaban J connectivity index is 2.17. The van der Waals surface area contributed by atoms with Gasteiger partial charge in [0.2, 0.25) is 5.76 Å². The Morgan fingerprint density at radius 3 is 2.58 bits per heavy atom. The first kappa shape index (κ1) is 13.2. The number of benzene rings is 1. The van der Waals surface area contributed by atoms with E-state index in [1.54, 1.807) is 6.07 Å². The number of aryl methyl sites for hydroxylation is 3. The lowest BCUT2D eigenvalue weighted by Gasteiger charge is -2.11. The van der Waals surface area contributed by atoms with Gasteiger partial charge < -0.3 is 14.3 Å². The zero-order chi connectivity index (χ0) is 14.0. The van der Waals surface area contributed by atoms with Gasteiger partial charge in [-0.2, -0.15) is 0 Å². The molecular weight excluding hydrogens is 244 g/mol. The molecule has 0 fully saturated rings. The Hall–Kier alpha value is -2.23. The lowest BCUT2D eigenvalue weighted by Crippen LogP contribution is -2.03. The predicted octanol–water partition coefficient (Wildman–Crippen LogP) is 3.48. The van der Waals surface area contributed by atoms with Crippen LogP contribution >= 0.6 is 0 Å². The summed E-state index contributed by atoms with van der Waals surface area (Å²) in [7, 11) is 0. The highest BCUT2D eigenvalue weighted by molar-refractivity contribution is 5.86. The molecule has 4 heteroatoms. The zero-order valence-electron chi connectivity index (χ0n) is 11.2. The fourth-order valence-electron chi connectivity index (χ4n) is 1.88. The minimum atomic E-state index is -1.08. The number of ether oxygens (including phenoxy) is 1. The van der Waals surface area contributed by atoms with Crippen molar-refractivity contribution in [3.05, 3.63) is 52.5 Å². The van der Waals surface area contributed by atoms with Gasteiger partial charge in [-0.05, 0) is 49.6 Å². The summed E-state index contributed by atoms with van der Waals surface area (Å²) < 4.78 is 10.6. The van der Waals surface area contributed by atoms with E-state index in [0.29, 0.717) is 5.56 Å². The minimum absolute atomic E-state index is 0.0681. The molecule has 0 saturated heterocycles. The Kier molecular flexibility index (Phi) is 3.60. The fourth-order valence-corrected chi connectivity index (χ4v) is 1.88. The third-order valence-corrected chi connectivity index (χ3v) is 3.12. The Morgan fingerprint density at radius 1 is 1.21 bits per heavy atom. The highest BCUT2D eigenvalue weighted by Gasteiger charge is 2.14. The molecule has 1 aromatic heterocycles. The summed E-state index contributed by atoms with van der Waals surface area (Å²) in [6.07, 6.45) is 1.36. The molecule has 0 bridgehead atoms. The molecule has 2 aromatic rings. The van der Waals surface area contributed by atoms with Crippen LogP contribution in [0.2, 0.25) is 0 Å². The van der Waals surface area contributed by atoms with Crippen LogP contribution in [0, 0.1) is 20.8 Å². The first-order chi connectivity index (χ1) is 8.99. The average molecular weight is 260 g/mol. The standard InChI is InChI=1S/C15H16O4/c1-9-6-11(3)13(7-10(9)2)19-8-12-4-5-18-14(12)15(16)17/h4-7H,8H2,1-3H3,(H,16,17). The van der Waals surface area contributed by atoms with E-state index in [4.69, 9.17) is 14.3 Å². The maximum atomic E-state index is 10.9. The lowest BCUT2D eigenvalue weighted by molar-refractivity contribution is 0.0658. The number of carbonyl (C=O) groups is 1. The average Bonchev–Trinajstić information content (AvgIpc) is 2.80. The van der Waals surface area contributed by atoms with Crippen LogP contribution in [-0.4, -0.2) is 11.1 Å². The minimum Gasteiger partial charge on any atom is -0.488 e. The van der Waals surface area contributed by atoms with Crippen LogP contribution in [0.25, 0.3) is 0 Å². The zero-order valence-corrected chi connectivity index (χ0v) is 11.2. The molecular formula is C15H16O4. The molecule has 0 amide bonds. The summed E-state index contributed by atoms with van der Waals surface area (Å²) in [5.74, 6) is -0.387. The number of furan rings is 1. The van der Waals surface area contributed by atoms with Gasteiger partial charge in [0.15, 0.2) is 0 Å². The van der Waals surface area contributed by atoms with E-state index < -0.39 is 5.97 Å². The largest absolute Gasteiger partial charge is 0.488 e. The maximum Gasteiger partial charge on any atom is 0.372 e.